The highest BCUT2D eigenvalue weighted by molar-refractivity contribution is 6.04. The van der Waals surface area contributed by atoms with Crippen LogP contribution < -0.4 is 20.9 Å². The number of halogens is 3. The van der Waals surface area contributed by atoms with Crippen molar-refractivity contribution in [2.75, 3.05) is 61.4 Å². The number of anilines is 3. The predicted molar refractivity (Wildman–Crippen MR) is 216 cm³/mol. The molecule has 0 radical (unpaired) electrons. The first kappa shape index (κ1) is 39.8. The zero-order valence-corrected chi connectivity index (χ0v) is 32.5. The normalized spacial score (nSPS) is 22.9. The average molecular weight is 801 g/mol. The number of aliphatic hydroxyl groups excluding tert-OH is 1. The minimum Gasteiger partial charge on any atom is -0.396 e. The summed E-state index contributed by atoms with van der Waals surface area (Å²) in [5.41, 5.74) is 3.72. The minimum absolute atomic E-state index is 0.0255. The zero-order valence-electron chi connectivity index (χ0n) is 32.5. The molecule has 8 rings (SSSR count). The number of fused-ring (bicyclic) bond motifs is 1. The van der Waals surface area contributed by atoms with Gasteiger partial charge >= 0.3 is 6.18 Å². The Morgan fingerprint density at radius 1 is 0.845 bits per heavy atom. The van der Waals surface area contributed by atoms with Gasteiger partial charge in [-0.15, -0.1) is 0 Å². The van der Waals surface area contributed by atoms with Crippen LogP contribution in [0.2, 0.25) is 0 Å². The van der Waals surface area contributed by atoms with Crippen molar-refractivity contribution in [1.29, 1.82) is 0 Å². The van der Waals surface area contributed by atoms with E-state index in [1.807, 2.05) is 22.8 Å². The van der Waals surface area contributed by atoms with Gasteiger partial charge in [-0.25, -0.2) is 4.98 Å². The van der Waals surface area contributed by atoms with Crippen LogP contribution in [-0.2, 0) is 22.3 Å². The molecule has 4 fully saturated rings. The molecule has 0 bridgehead atoms. The van der Waals surface area contributed by atoms with Crippen LogP contribution in [0.15, 0.2) is 66.7 Å². The van der Waals surface area contributed by atoms with Gasteiger partial charge in [0.05, 0.1) is 16.6 Å². The number of carbonyl (C=O) groups is 3. The molecule has 1 aromatic heterocycles. The number of amides is 3. The van der Waals surface area contributed by atoms with Crippen molar-refractivity contribution in [3.63, 3.8) is 0 Å². The number of aromatic nitrogens is 2. The number of hydrogen-bond donors (Lipinski definition) is 4. The number of carbonyl (C=O) groups excluding carboxylic acids is 3. The van der Waals surface area contributed by atoms with E-state index in [1.165, 1.54) is 17.7 Å². The maximum Gasteiger partial charge on any atom is 0.416 e. The Balaban J connectivity index is 0.885. The van der Waals surface area contributed by atoms with E-state index in [-0.39, 0.29) is 35.9 Å². The second-order valence-corrected chi connectivity index (χ2v) is 16.2. The van der Waals surface area contributed by atoms with Crippen molar-refractivity contribution in [3.05, 3.63) is 83.4 Å². The highest BCUT2D eigenvalue weighted by Gasteiger charge is 2.33. The molecular formula is C43H51F3N8O4. The van der Waals surface area contributed by atoms with Crippen LogP contribution in [0.5, 0.6) is 0 Å². The maximum absolute atomic E-state index is 13.4. The number of hydrogen-bond acceptors (Lipinski definition) is 9. The van der Waals surface area contributed by atoms with Crippen molar-refractivity contribution in [2.24, 2.45) is 5.92 Å². The van der Waals surface area contributed by atoms with E-state index in [1.54, 1.807) is 0 Å². The number of piperazine rings is 1. The summed E-state index contributed by atoms with van der Waals surface area (Å²) in [7, 11) is 0. The van der Waals surface area contributed by atoms with Gasteiger partial charge in [0, 0.05) is 74.8 Å². The molecule has 3 saturated heterocycles. The highest BCUT2D eigenvalue weighted by atomic mass is 19.4. The third-order valence-corrected chi connectivity index (χ3v) is 12.5. The molecule has 4 aromatic rings. The molecular weight excluding hydrogens is 750 g/mol. The van der Waals surface area contributed by atoms with Crippen molar-refractivity contribution in [1.82, 2.24) is 24.7 Å². The van der Waals surface area contributed by atoms with Gasteiger partial charge in [-0.05, 0) is 118 Å². The lowest BCUT2D eigenvalue weighted by atomic mass is 9.86. The Morgan fingerprint density at radius 3 is 2.33 bits per heavy atom. The predicted octanol–water partition coefficient (Wildman–Crippen LogP) is 6.03. The molecule has 1 aliphatic carbocycles. The third-order valence-electron chi connectivity index (χ3n) is 12.5. The van der Waals surface area contributed by atoms with E-state index in [9.17, 15) is 32.7 Å². The summed E-state index contributed by atoms with van der Waals surface area (Å²) in [6.07, 6.45) is 1.71. The van der Waals surface area contributed by atoms with E-state index in [0.29, 0.717) is 30.3 Å². The van der Waals surface area contributed by atoms with Crippen LogP contribution >= 0.6 is 0 Å². The number of piperidine rings is 2. The Labute approximate surface area is 335 Å². The molecule has 12 nitrogen and oxygen atoms in total. The molecule has 3 aliphatic heterocycles. The Hall–Kier alpha value is -4.99. The van der Waals surface area contributed by atoms with Crippen molar-refractivity contribution >= 4 is 46.1 Å². The van der Waals surface area contributed by atoms with E-state index in [2.05, 4.69) is 54.9 Å². The first-order valence-electron chi connectivity index (χ1n) is 20.5. The van der Waals surface area contributed by atoms with Gasteiger partial charge in [0.2, 0.25) is 17.8 Å². The van der Waals surface area contributed by atoms with Gasteiger partial charge in [-0.2, -0.15) is 13.2 Å². The molecule has 15 heteroatoms. The average Bonchev–Trinajstić information content (AvgIpc) is 3.59. The smallest absolute Gasteiger partial charge is 0.396 e. The largest absolute Gasteiger partial charge is 0.416 e. The van der Waals surface area contributed by atoms with Crippen LogP contribution in [0.4, 0.5) is 30.5 Å². The quantitative estimate of drug-likeness (QED) is 0.142. The summed E-state index contributed by atoms with van der Waals surface area (Å²) in [5.74, 6) is -0.602. The molecule has 0 spiro atoms. The number of imide groups is 1. The second kappa shape index (κ2) is 17.1. The molecule has 4 N–H and O–H groups in total. The standard InChI is InChI=1S/C43H51F3N8O4/c44-43(45,46)31-5-2-4-30(24-31)40(57)50-42-48-37-25-35(11-13-38(37)54(42)34-9-7-28(27-55)8-10-34)53-21-19-52(20-22-53)33-15-17-51(18-16-33)26-29-3-1-6-32(23-29)47-36-12-14-39(56)49-41(36)58/h1-6,11,13,23-25,28,33-34,36,47,55H,7-10,12,14-22,26-27H2,(H,48,50,57)(H,49,56,58). The van der Waals surface area contributed by atoms with Crippen LogP contribution in [0.3, 0.4) is 0 Å². The number of aliphatic hydroxyl groups is 1. The summed E-state index contributed by atoms with van der Waals surface area (Å²) >= 11 is 0. The number of rotatable bonds is 10. The van der Waals surface area contributed by atoms with Gasteiger partial charge in [0.15, 0.2) is 0 Å². The topological polar surface area (TPSA) is 135 Å². The van der Waals surface area contributed by atoms with Gasteiger partial charge < -0.3 is 19.9 Å². The van der Waals surface area contributed by atoms with Crippen molar-refractivity contribution < 1.29 is 32.7 Å². The SMILES string of the molecule is O=C1CCC(Nc2cccc(CN3CCC(N4CCN(c5ccc6c(c5)nc(NC(=O)c5cccc(C(F)(F)F)c5)n6C5CCC(CO)CC5)CC4)CC3)c2)C(=O)N1. The lowest BCUT2D eigenvalue weighted by molar-refractivity contribution is -0.137. The fourth-order valence-electron chi connectivity index (χ4n) is 9.18. The number of nitrogens with zero attached hydrogens (tertiary/aromatic N) is 5. The summed E-state index contributed by atoms with van der Waals surface area (Å²) in [4.78, 5) is 49.5. The van der Waals surface area contributed by atoms with Gasteiger partial charge in [-0.1, -0.05) is 18.2 Å². The van der Waals surface area contributed by atoms with E-state index < -0.39 is 23.7 Å². The summed E-state index contributed by atoms with van der Waals surface area (Å²) in [6.45, 7) is 6.59. The molecule has 3 amide bonds. The number of imidazole rings is 1. The number of alkyl halides is 3. The summed E-state index contributed by atoms with van der Waals surface area (Å²) in [6, 6.07) is 18.9. The third kappa shape index (κ3) is 9.01. The fourth-order valence-corrected chi connectivity index (χ4v) is 9.18. The Kier molecular flexibility index (Phi) is 11.7. The highest BCUT2D eigenvalue weighted by Crippen LogP contribution is 2.38. The van der Waals surface area contributed by atoms with Crippen LogP contribution in [0.25, 0.3) is 11.0 Å². The van der Waals surface area contributed by atoms with Crippen molar-refractivity contribution in [2.45, 2.75) is 82.2 Å². The Bertz CT molecular complexity index is 2120. The number of benzene rings is 3. The van der Waals surface area contributed by atoms with E-state index in [4.69, 9.17) is 4.98 Å². The number of likely N-dealkylation sites (tertiary alicyclic amines) is 1. The molecule has 1 saturated carbocycles. The Morgan fingerprint density at radius 2 is 1.60 bits per heavy atom. The molecule has 4 aliphatic rings. The molecule has 4 heterocycles. The molecule has 1 unspecified atom stereocenters. The van der Waals surface area contributed by atoms with Gasteiger partial charge in [-0.3, -0.25) is 34.8 Å². The van der Waals surface area contributed by atoms with Crippen LogP contribution in [-0.4, -0.2) is 100 Å². The first-order chi connectivity index (χ1) is 28.0. The molecule has 58 heavy (non-hydrogen) atoms. The lowest BCUT2D eigenvalue weighted by Crippen LogP contribution is -2.53. The molecule has 308 valence electrons. The fraction of sp³-hybridized carbons (Fsp3) is 0.488. The van der Waals surface area contributed by atoms with Gasteiger partial charge in [0.25, 0.3) is 5.91 Å². The maximum atomic E-state index is 13.4. The molecule has 1 atom stereocenters. The van der Waals surface area contributed by atoms with Crippen LogP contribution in [0.1, 0.15) is 78.9 Å². The zero-order chi connectivity index (χ0) is 40.4. The molecule has 3 aromatic carbocycles. The van der Waals surface area contributed by atoms with E-state index in [0.717, 1.165) is 113 Å². The van der Waals surface area contributed by atoms with Gasteiger partial charge in [0.1, 0.15) is 6.04 Å². The minimum atomic E-state index is -4.56. The van der Waals surface area contributed by atoms with Crippen LogP contribution in [0, 0.1) is 5.92 Å². The first-order valence-corrected chi connectivity index (χ1v) is 20.5. The second-order valence-electron chi connectivity index (χ2n) is 16.2. The van der Waals surface area contributed by atoms with E-state index >= 15 is 0 Å². The number of nitrogens with one attached hydrogen (secondary N) is 3. The summed E-state index contributed by atoms with van der Waals surface area (Å²) < 4.78 is 42.4. The van der Waals surface area contributed by atoms with Crippen molar-refractivity contribution in [3.8, 4) is 0 Å². The lowest BCUT2D eigenvalue weighted by Gasteiger charge is -2.43. The summed E-state index contributed by atoms with van der Waals surface area (Å²) in [5, 5.41) is 18.3. The monoisotopic (exact) mass is 800 g/mol.